The van der Waals surface area contributed by atoms with Gasteiger partial charge in [0.15, 0.2) is 5.75 Å². The van der Waals surface area contributed by atoms with Gasteiger partial charge >= 0.3 is 11.9 Å². The zero-order chi connectivity index (χ0) is 18.7. The minimum absolute atomic E-state index is 0.0838. The Hall–Kier alpha value is -2.62. The van der Waals surface area contributed by atoms with E-state index >= 15 is 0 Å². The summed E-state index contributed by atoms with van der Waals surface area (Å²) < 4.78 is 43.5. The number of H-pyrrole nitrogens is 1. The van der Waals surface area contributed by atoms with Gasteiger partial charge in [-0.1, -0.05) is 0 Å². The molecule has 1 aliphatic heterocycles. The fourth-order valence-electron chi connectivity index (χ4n) is 2.83. The maximum atomic E-state index is 12.7. The van der Waals surface area contributed by atoms with Gasteiger partial charge in [0.2, 0.25) is 0 Å². The van der Waals surface area contributed by atoms with Crippen molar-refractivity contribution in [2.45, 2.75) is 19.0 Å². The largest absolute Gasteiger partial charge is 0.485 e. The van der Waals surface area contributed by atoms with Gasteiger partial charge in [0.05, 0.1) is 11.1 Å². The van der Waals surface area contributed by atoms with E-state index in [1.165, 1.54) is 12.1 Å². The van der Waals surface area contributed by atoms with E-state index in [-0.39, 0.29) is 22.8 Å². The lowest BCUT2D eigenvalue weighted by Gasteiger charge is -2.15. The Balaban J connectivity index is 1.75. The van der Waals surface area contributed by atoms with Crippen LogP contribution in [0.4, 0.5) is 18.9 Å². The smallest absolute Gasteiger partial charge is 0.432 e. The Morgan fingerprint density at radius 3 is 2.65 bits per heavy atom. The molecule has 0 atom stereocenters. The standard InChI is InChI=1S/C16H17F3N4O3/c17-16(18,19)14-10-20-15(21-14)11-3-4-13(12(9-11)23(24)25)26-8-7-22-5-1-2-6-22/h3-4,9-10H,1-2,5-8H2,(H,20,21). The first-order valence-corrected chi connectivity index (χ1v) is 8.11. The van der Waals surface area contributed by atoms with Crippen molar-refractivity contribution in [3.8, 4) is 17.1 Å². The topological polar surface area (TPSA) is 84.3 Å². The summed E-state index contributed by atoms with van der Waals surface area (Å²) in [6.07, 6.45) is -1.63. The Labute approximate surface area is 146 Å². The third kappa shape index (κ3) is 4.13. The Kier molecular flexibility index (Phi) is 5.12. The number of likely N-dealkylation sites (tertiary alicyclic amines) is 1. The SMILES string of the molecule is O=[N+]([O-])c1cc(-c2ncc(C(F)(F)F)[nH]2)ccc1OCCN1CCCC1. The molecule has 0 radical (unpaired) electrons. The average molecular weight is 370 g/mol. The number of hydrogen-bond donors (Lipinski definition) is 1. The monoisotopic (exact) mass is 370 g/mol. The summed E-state index contributed by atoms with van der Waals surface area (Å²) in [5, 5.41) is 11.3. The zero-order valence-electron chi connectivity index (χ0n) is 13.8. The second-order valence-corrected chi connectivity index (χ2v) is 5.98. The predicted molar refractivity (Wildman–Crippen MR) is 86.8 cm³/mol. The molecule has 0 unspecified atom stereocenters. The van der Waals surface area contributed by atoms with Gasteiger partial charge in [-0.3, -0.25) is 15.0 Å². The third-order valence-corrected chi connectivity index (χ3v) is 4.17. The van der Waals surface area contributed by atoms with Gasteiger partial charge in [-0.15, -0.1) is 0 Å². The van der Waals surface area contributed by atoms with Crippen LogP contribution in [0.25, 0.3) is 11.4 Å². The summed E-state index contributed by atoms with van der Waals surface area (Å²) in [4.78, 5) is 18.7. The van der Waals surface area contributed by atoms with Crippen LogP contribution in [0, 0.1) is 10.1 Å². The molecule has 2 aromatic rings. The number of halogens is 3. The van der Waals surface area contributed by atoms with E-state index in [9.17, 15) is 23.3 Å². The third-order valence-electron chi connectivity index (χ3n) is 4.17. The Morgan fingerprint density at radius 2 is 2.04 bits per heavy atom. The first-order valence-electron chi connectivity index (χ1n) is 8.11. The molecule has 1 saturated heterocycles. The lowest BCUT2D eigenvalue weighted by molar-refractivity contribution is -0.385. The summed E-state index contributed by atoms with van der Waals surface area (Å²) in [6.45, 7) is 2.96. The van der Waals surface area contributed by atoms with Crippen LogP contribution < -0.4 is 4.74 Å². The molecule has 1 aromatic carbocycles. The quantitative estimate of drug-likeness (QED) is 0.622. The van der Waals surface area contributed by atoms with Crippen LogP contribution in [0.3, 0.4) is 0 Å². The number of aromatic nitrogens is 2. The fourth-order valence-corrected chi connectivity index (χ4v) is 2.83. The molecule has 1 aromatic heterocycles. The van der Waals surface area contributed by atoms with Gasteiger partial charge in [-0.25, -0.2) is 4.98 Å². The second kappa shape index (κ2) is 7.32. The van der Waals surface area contributed by atoms with Crippen molar-refractivity contribution >= 4 is 5.69 Å². The second-order valence-electron chi connectivity index (χ2n) is 5.98. The van der Waals surface area contributed by atoms with E-state index in [4.69, 9.17) is 4.74 Å². The number of nitro benzene ring substituents is 1. The fraction of sp³-hybridized carbons (Fsp3) is 0.438. The van der Waals surface area contributed by atoms with Crippen molar-refractivity contribution in [1.29, 1.82) is 0 Å². The molecule has 0 bridgehead atoms. The molecule has 3 rings (SSSR count). The molecule has 10 heteroatoms. The average Bonchev–Trinajstić information content (AvgIpc) is 3.26. The normalized spacial score (nSPS) is 15.3. The molecule has 1 N–H and O–H groups in total. The number of nitro groups is 1. The molecule has 140 valence electrons. The van der Waals surface area contributed by atoms with E-state index < -0.39 is 16.8 Å². The first kappa shape index (κ1) is 18.2. The van der Waals surface area contributed by atoms with Crippen LogP contribution in [0.15, 0.2) is 24.4 Å². The molecular weight excluding hydrogens is 353 g/mol. The van der Waals surface area contributed by atoms with Gasteiger partial charge in [0.1, 0.15) is 18.1 Å². The number of nitrogens with zero attached hydrogens (tertiary/aromatic N) is 3. The number of benzene rings is 1. The maximum Gasteiger partial charge on any atom is 0.432 e. The van der Waals surface area contributed by atoms with E-state index in [0.717, 1.165) is 32.0 Å². The predicted octanol–water partition coefficient (Wildman–Crippen LogP) is 3.48. The van der Waals surface area contributed by atoms with E-state index in [2.05, 4.69) is 14.9 Å². The number of imidazole rings is 1. The van der Waals surface area contributed by atoms with Crippen LogP contribution in [0.5, 0.6) is 5.75 Å². The molecule has 26 heavy (non-hydrogen) atoms. The minimum atomic E-state index is -4.56. The highest BCUT2D eigenvalue weighted by Crippen LogP contribution is 2.33. The van der Waals surface area contributed by atoms with E-state index in [0.29, 0.717) is 19.3 Å². The molecule has 0 aliphatic carbocycles. The number of ether oxygens (including phenoxy) is 1. The molecular formula is C16H17F3N4O3. The summed E-state index contributed by atoms with van der Waals surface area (Å²) in [7, 11) is 0. The number of rotatable bonds is 6. The summed E-state index contributed by atoms with van der Waals surface area (Å²) in [5.41, 5.74) is -1.14. The molecule has 1 aliphatic rings. The highest BCUT2D eigenvalue weighted by molar-refractivity contribution is 5.63. The van der Waals surface area contributed by atoms with Gasteiger partial charge < -0.3 is 9.72 Å². The van der Waals surface area contributed by atoms with Gasteiger partial charge in [-0.2, -0.15) is 13.2 Å². The van der Waals surface area contributed by atoms with E-state index in [1.54, 1.807) is 0 Å². The van der Waals surface area contributed by atoms with Crippen LogP contribution >= 0.6 is 0 Å². The maximum absolute atomic E-state index is 12.7. The summed E-state index contributed by atoms with van der Waals surface area (Å²) in [6, 6.07) is 3.98. The molecule has 7 nitrogen and oxygen atoms in total. The van der Waals surface area contributed by atoms with Crippen molar-refractivity contribution in [2.24, 2.45) is 0 Å². The van der Waals surface area contributed by atoms with Crippen molar-refractivity contribution in [3.63, 3.8) is 0 Å². The highest BCUT2D eigenvalue weighted by atomic mass is 19.4. The number of aromatic amines is 1. The van der Waals surface area contributed by atoms with Crippen LogP contribution in [0.2, 0.25) is 0 Å². The van der Waals surface area contributed by atoms with Crippen LogP contribution in [0.1, 0.15) is 18.5 Å². The molecule has 0 spiro atoms. The van der Waals surface area contributed by atoms with Gasteiger partial charge in [0.25, 0.3) is 0 Å². The van der Waals surface area contributed by atoms with Crippen LogP contribution in [-0.2, 0) is 6.18 Å². The van der Waals surface area contributed by atoms with Gasteiger partial charge in [-0.05, 0) is 38.1 Å². The highest BCUT2D eigenvalue weighted by Gasteiger charge is 2.33. The van der Waals surface area contributed by atoms with Crippen LogP contribution in [-0.4, -0.2) is 46.0 Å². The van der Waals surface area contributed by atoms with Crippen molar-refractivity contribution in [1.82, 2.24) is 14.9 Å². The number of hydrogen-bond acceptors (Lipinski definition) is 5. The van der Waals surface area contributed by atoms with Crippen molar-refractivity contribution in [2.75, 3.05) is 26.2 Å². The first-order chi connectivity index (χ1) is 12.3. The molecule has 0 saturated carbocycles. The van der Waals surface area contributed by atoms with Crippen molar-refractivity contribution < 1.29 is 22.8 Å². The molecule has 0 amide bonds. The van der Waals surface area contributed by atoms with Crippen molar-refractivity contribution in [3.05, 3.63) is 40.2 Å². The Morgan fingerprint density at radius 1 is 1.31 bits per heavy atom. The summed E-state index contributed by atoms with van der Waals surface area (Å²) >= 11 is 0. The number of nitrogens with one attached hydrogen (secondary N) is 1. The summed E-state index contributed by atoms with van der Waals surface area (Å²) in [5.74, 6) is -0.00964. The lowest BCUT2D eigenvalue weighted by Crippen LogP contribution is -2.25. The van der Waals surface area contributed by atoms with E-state index in [1.807, 2.05) is 0 Å². The zero-order valence-corrected chi connectivity index (χ0v) is 13.8. The minimum Gasteiger partial charge on any atom is -0.485 e. The molecule has 1 fully saturated rings. The molecule has 2 heterocycles. The Bertz CT molecular complexity index is 785. The lowest BCUT2D eigenvalue weighted by atomic mass is 10.2. The van der Waals surface area contributed by atoms with Gasteiger partial charge in [0, 0.05) is 18.2 Å². The number of alkyl halides is 3.